The summed E-state index contributed by atoms with van der Waals surface area (Å²) in [5, 5.41) is 0. The van der Waals surface area contributed by atoms with Crippen molar-refractivity contribution in [2.45, 2.75) is 44.0 Å². The van der Waals surface area contributed by atoms with Gasteiger partial charge in [-0.05, 0) is 48.6 Å². The van der Waals surface area contributed by atoms with Crippen molar-refractivity contribution in [3.05, 3.63) is 58.9 Å². The number of hydrogen-bond donors (Lipinski definition) is 0. The number of thiazole rings is 1. The Hall–Kier alpha value is -2.82. The summed E-state index contributed by atoms with van der Waals surface area (Å²) in [6.07, 6.45) is 1.13. The molecule has 1 aliphatic heterocycles. The highest BCUT2D eigenvalue weighted by molar-refractivity contribution is 7.89. The third kappa shape index (κ3) is 5.39. The lowest BCUT2D eigenvalue weighted by Crippen LogP contribution is -2.42. The van der Waals surface area contributed by atoms with Gasteiger partial charge < -0.3 is 9.30 Å². The van der Waals surface area contributed by atoms with E-state index in [4.69, 9.17) is 4.74 Å². The molecule has 1 aliphatic rings. The zero-order valence-electron chi connectivity index (χ0n) is 20.0. The number of esters is 1. The van der Waals surface area contributed by atoms with Crippen LogP contribution in [-0.2, 0) is 30.9 Å². The minimum atomic E-state index is -3.69. The van der Waals surface area contributed by atoms with E-state index in [1.165, 1.54) is 22.8 Å². The minimum Gasteiger partial charge on any atom is -0.468 e. The van der Waals surface area contributed by atoms with Gasteiger partial charge in [-0.1, -0.05) is 49.4 Å². The first-order chi connectivity index (χ1) is 16.7. The van der Waals surface area contributed by atoms with Crippen molar-refractivity contribution in [1.29, 1.82) is 0 Å². The van der Waals surface area contributed by atoms with Crippen molar-refractivity contribution in [1.82, 2.24) is 8.87 Å². The summed E-state index contributed by atoms with van der Waals surface area (Å²) in [7, 11) is -2.37. The quantitative estimate of drug-likeness (QED) is 0.468. The van der Waals surface area contributed by atoms with Crippen molar-refractivity contribution < 1.29 is 22.7 Å². The van der Waals surface area contributed by atoms with Crippen molar-refractivity contribution >= 4 is 43.5 Å². The van der Waals surface area contributed by atoms with E-state index in [-0.39, 0.29) is 23.9 Å². The lowest BCUT2D eigenvalue weighted by Gasteiger charge is -2.30. The second-order valence-corrected chi connectivity index (χ2v) is 11.8. The highest BCUT2D eigenvalue weighted by Gasteiger charge is 2.33. The van der Waals surface area contributed by atoms with Crippen LogP contribution in [0.3, 0.4) is 0 Å². The molecule has 1 atom stereocenters. The normalized spacial score (nSPS) is 17.7. The number of aromatic nitrogens is 1. The van der Waals surface area contributed by atoms with Gasteiger partial charge in [0.2, 0.25) is 10.0 Å². The number of rotatable bonds is 6. The smallest absolute Gasteiger partial charge is 0.325 e. The van der Waals surface area contributed by atoms with Crippen LogP contribution >= 0.6 is 11.3 Å². The standard InChI is InChI=1S/C25H29N3O5S2/c1-17(2)18-11-12-21-22(14-18)34-25(28(21)16-23(29)33-3)26-24(30)19-8-7-13-27(15-19)35(31,32)20-9-5-4-6-10-20/h4-6,9-12,14,17,19H,7-8,13,15-16H2,1-3H3. The highest BCUT2D eigenvalue weighted by Crippen LogP contribution is 2.26. The molecule has 1 unspecified atom stereocenters. The van der Waals surface area contributed by atoms with E-state index in [2.05, 4.69) is 24.9 Å². The minimum absolute atomic E-state index is 0.0667. The molecule has 0 aliphatic carbocycles. The predicted molar refractivity (Wildman–Crippen MR) is 134 cm³/mol. The van der Waals surface area contributed by atoms with Crippen LogP contribution in [0.5, 0.6) is 0 Å². The second-order valence-electron chi connectivity index (χ2n) is 8.89. The molecular weight excluding hydrogens is 486 g/mol. The van der Waals surface area contributed by atoms with Gasteiger partial charge in [0.25, 0.3) is 5.91 Å². The van der Waals surface area contributed by atoms with Gasteiger partial charge >= 0.3 is 5.97 Å². The van der Waals surface area contributed by atoms with Gasteiger partial charge in [-0.3, -0.25) is 9.59 Å². The van der Waals surface area contributed by atoms with Gasteiger partial charge in [0.15, 0.2) is 4.80 Å². The number of sulfonamides is 1. The van der Waals surface area contributed by atoms with Gasteiger partial charge in [-0.25, -0.2) is 8.42 Å². The van der Waals surface area contributed by atoms with E-state index in [9.17, 15) is 18.0 Å². The molecule has 0 bridgehead atoms. The Balaban J connectivity index is 1.67. The fourth-order valence-electron chi connectivity index (χ4n) is 4.17. The molecule has 1 fully saturated rings. The van der Waals surface area contributed by atoms with E-state index < -0.39 is 21.9 Å². The molecule has 3 aromatic rings. The number of carbonyl (C=O) groups is 2. The molecule has 0 spiro atoms. The van der Waals surface area contributed by atoms with Gasteiger partial charge in [-0.2, -0.15) is 9.30 Å². The van der Waals surface area contributed by atoms with Gasteiger partial charge in [0.1, 0.15) is 6.54 Å². The summed E-state index contributed by atoms with van der Waals surface area (Å²) in [5.74, 6) is -1.04. The third-order valence-electron chi connectivity index (χ3n) is 6.21. The summed E-state index contributed by atoms with van der Waals surface area (Å²) in [4.78, 5) is 30.3. The maximum absolute atomic E-state index is 13.2. The number of hydrogen-bond acceptors (Lipinski definition) is 6. The van der Waals surface area contributed by atoms with Crippen molar-refractivity contribution in [2.24, 2.45) is 10.9 Å². The molecule has 0 saturated carbocycles. The van der Waals surface area contributed by atoms with Crippen LogP contribution in [0.2, 0.25) is 0 Å². The number of methoxy groups -OCH3 is 1. The predicted octanol–water partition coefficient (Wildman–Crippen LogP) is 3.53. The molecule has 8 nitrogen and oxygen atoms in total. The van der Waals surface area contributed by atoms with Crippen LogP contribution in [0.1, 0.15) is 38.2 Å². The van der Waals surface area contributed by atoms with Crippen molar-refractivity contribution in [3.8, 4) is 0 Å². The Morgan fingerprint density at radius 3 is 2.60 bits per heavy atom. The van der Waals surface area contributed by atoms with Gasteiger partial charge in [0, 0.05) is 13.1 Å². The van der Waals surface area contributed by atoms with E-state index >= 15 is 0 Å². The fraction of sp³-hybridized carbons (Fsp3) is 0.400. The Bertz CT molecular complexity index is 1410. The molecule has 4 rings (SSSR count). The van der Waals surface area contributed by atoms with Crippen LogP contribution in [0, 0.1) is 5.92 Å². The van der Waals surface area contributed by atoms with E-state index in [1.807, 2.05) is 12.1 Å². The SMILES string of the molecule is COC(=O)Cn1c(=NC(=O)C2CCCN(S(=O)(=O)c3ccccc3)C2)sc2cc(C(C)C)ccc21. The molecule has 35 heavy (non-hydrogen) atoms. The Morgan fingerprint density at radius 1 is 1.17 bits per heavy atom. The second kappa shape index (κ2) is 10.4. The molecule has 186 valence electrons. The molecular formula is C25H29N3O5S2. The number of carbonyl (C=O) groups excluding carboxylic acids is 2. The van der Waals surface area contributed by atoms with Crippen LogP contribution in [0.15, 0.2) is 58.4 Å². The molecule has 1 saturated heterocycles. The lowest BCUT2D eigenvalue weighted by atomic mass is 9.99. The maximum Gasteiger partial charge on any atom is 0.325 e. The molecule has 2 heterocycles. The Morgan fingerprint density at radius 2 is 1.91 bits per heavy atom. The summed E-state index contributed by atoms with van der Waals surface area (Å²) in [5.41, 5.74) is 1.95. The van der Waals surface area contributed by atoms with Crippen molar-refractivity contribution in [2.75, 3.05) is 20.2 Å². The summed E-state index contributed by atoms with van der Waals surface area (Å²) in [6.45, 7) is 4.58. The maximum atomic E-state index is 13.2. The Labute approximate surface area is 208 Å². The van der Waals surface area contributed by atoms with Gasteiger partial charge in [0.05, 0.1) is 28.1 Å². The van der Waals surface area contributed by atoms with E-state index in [1.54, 1.807) is 34.9 Å². The number of piperidine rings is 1. The molecule has 0 N–H and O–H groups in total. The summed E-state index contributed by atoms with van der Waals surface area (Å²) >= 11 is 1.34. The number of amides is 1. The zero-order chi connectivity index (χ0) is 25.2. The number of ether oxygens (including phenoxy) is 1. The first-order valence-electron chi connectivity index (χ1n) is 11.5. The number of fused-ring (bicyclic) bond motifs is 1. The van der Waals surface area contributed by atoms with Crippen LogP contribution in [0.25, 0.3) is 10.2 Å². The van der Waals surface area contributed by atoms with Crippen LogP contribution in [-0.4, -0.2) is 49.4 Å². The molecule has 10 heteroatoms. The summed E-state index contributed by atoms with van der Waals surface area (Å²) in [6, 6.07) is 14.2. The topological polar surface area (TPSA) is 98.0 Å². The number of nitrogens with zero attached hydrogens (tertiary/aromatic N) is 3. The van der Waals surface area contributed by atoms with Crippen LogP contribution < -0.4 is 4.80 Å². The average Bonchev–Trinajstić information content (AvgIpc) is 3.20. The average molecular weight is 516 g/mol. The Kier molecular flexibility index (Phi) is 7.53. The first kappa shape index (κ1) is 25.3. The highest BCUT2D eigenvalue weighted by atomic mass is 32.2. The lowest BCUT2D eigenvalue weighted by molar-refractivity contribution is -0.141. The largest absolute Gasteiger partial charge is 0.468 e. The fourth-order valence-corrected chi connectivity index (χ4v) is 6.80. The van der Waals surface area contributed by atoms with Crippen LogP contribution in [0.4, 0.5) is 0 Å². The zero-order valence-corrected chi connectivity index (χ0v) is 21.6. The van der Waals surface area contributed by atoms with Crippen molar-refractivity contribution in [3.63, 3.8) is 0 Å². The summed E-state index contributed by atoms with van der Waals surface area (Å²) < 4.78 is 34.9. The number of benzene rings is 2. The molecule has 0 radical (unpaired) electrons. The van der Waals surface area contributed by atoms with E-state index in [0.29, 0.717) is 30.1 Å². The third-order valence-corrected chi connectivity index (χ3v) is 9.13. The molecule has 1 amide bonds. The molecule has 1 aromatic heterocycles. The van der Waals surface area contributed by atoms with Gasteiger partial charge in [-0.15, -0.1) is 0 Å². The first-order valence-corrected chi connectivity index (χ1v) is 13.8. The molecule has 2 aromatic carbocycles. The van der Waals surface area contributed by atoms with E-state index in [0.717, 1.165) is 15.8 Å². The monoisotopic (exact) mass is 515 g/mol.